The maximum Gasteiger partial charge on any atom is 0.269 e. The highest BCUT2D eigenvalue weighted by Gasteiger charge is 2.16. The van der Waals surface area contributed by atoms with Crippen LogP contribution in [-0.4, -0.2) is 32.1 Å². The highest BCUT2D eigenvalue weighted by atomic mass is 35.5. The van der Waals surface area contributed by atoms with Crippen LogP contribution in [0.3, 0.4) is 0 Å². The van der Waals surface area contributed by atoms with Gasteiger partial charge in [-0.15, -0.1) is 0 Å². The monoisotopic (exact) mass is 479 g/mol. The van der Waals surface area contributed by atoms with Crippen LogP contribution in [0.2, 0.25) is 5.02 Å². The third kappa shape index (κ3) is 5.21. The van der Waals surface area contributed by atoms with E-state index in [1.54, 1.807) is 60.8 Å². The number of rotatable bonds is 5. The summed E-state index contributed by atoms with van der Waals surface area (Å²) in [6.45, 7) is 1.90. The highest BCUT2D eigenvalue weighted by molar-refractivity contribution is 7.99. The van der Waals surface area contributed by atoms with Crippen molar-refractivity contribution < 1.29 is 9.59 Å². The van der Waals surface area contributed by atoms with Crippen LogP contribution >= 0.6 is 23.4 Å². The van der Waals surface area contributed by atoms with Gasteiger partial charge in [0.1, 0.15) is 5.82 Å². The third-order valence-corrected chi connectivity index (χ3v) is 5.81. The number of aryl methyl sites for hydroxylation is 1. The van der Waals surface area contributed by atoms with E-state index in [0.29, 0.717) is 32.5 Å². The van der Waals surface area contributed by atoms with Crippen molar-refractivity contribution in [3.05, 3.63) is 93.4 Å². The number of benzene rings is 2. The molecule has 10 heteroatoms. The van der Waals surface area contributed by atoms with Crippen LogP contribution in [-0.2, 0) is 4.79 Å². The summed E-state index contributed by atoms with van der Waals surface area (Å²) in [5.41, 5.74) is 6.25. The average molecular weight is 480 g/mol. The molecule has 33 heavy (non-hydrogen) atoms. The molecule has 0 aliphatic heterocycles. The van der Waals surface area contributed by atoms with Crippen LogP contribution in [0.25, 0.3) is 16.7 Å². The Morgan fingerprint density at radius 1 is 1.03 bits per heavy atom. The number of hydrogen-bond donors (Lipinski definition) is 2. The Morgan fingerprint density at radius 2 is 1.79 bits per heavy atom. The summed E-state index contributed by atoms with van der Waals surface area (Å²) in [4.78, 5) is 46.6. The van der Waals surface area contributed by atoms with Gasteiger partial charge in [0.2, 0.25) is 5.91 Å². The van der Waals surface area contributed by atoms with Crippen molar-refractivity contribution in [1.82, 2.24) is 25.4 Å². The first kappa shape index (κ1) is 22.5. The number of halogens is 1. The van der Waals surface area contributed by atoms with E-state index in [4.69, 9.17) is 11.6 Å². The Labute approximate surface area is 198 Å². The summed E-state index contributed by atoms with van der Waals surface area (Å²) < 4.78 is 1.38. The molecular formula is C23H18ClN5O3S. The molecule has 0 fully saturated rings. The molecule has 2 N–H and O–H groups in total. The summed E-state index contributed by atoms with van der Waals surface area (Å²) in [6, 6.07) is 16.8. The molecule has 0 aliphatic carbocycles. The van der Waals surface area contributed by atoms with Gasteiger partial charge in [0, 0.05) is 16.8 Å². The number of amides is 2. The molecule has 0 bridgehead atoms. The van der Waals surface area contributed by atoms with Crippen LogP contribution < -0.4 is 16.4 Å². The number of thioether (sulfide) groups is 1. The molecule has 0 spiro atoms. The second-order valence-electron chi connectivity index (χ2n) is 7.04. The number of pyridine rings is 1. The number of para-hydroxylation sites is 1. The van der Waals surface area contributed by atoms with Crippen molar-refractivity contribution in [3.8, 4) is 5.82 Å². The third-order valence-electron chi connectivity index (χ3n) is 4.62. The Bertz CT molecular complexity index is 1390. The second kappa shape index (κ2) is 9.85. The summed E-state index contributed by atoms with van der Waals surface area (Å²) in [5.74, 6) is -0.622. The minimum absolute atomic E-state index is 0.0858. The fourth-order valence-electron chi connectivity index (χ4n) is 2.97. The molecule has 4 rings (SSSR count). The minimum Gasteiger partial charge on any atom is -0.272 e. The van der Waals surface area contributed by atoms with Gasteiger partial charge >= 0.3 is 0 Å². The molecular weight excluding hydrogens is 462 g/mol. The molecule has 0 radical (unpaired) electrons. The van der Waals surface area contributed by atoms with Gasteiger partial charge in [0.15, 0.2) is 5.16 Å². The van der Waals surface area contributed by atoms with E-state index in [0.717, 1.165) is 17.3 Å². The molecule has 0 atom stereocenters. The number of hydrazine groups is 1. The van der Waals surface area contributed by atoms with Crippen molar-refractivity contribution in [3.63, 3.8) is 0 Å². The molecule has 8 nitrogen and oxygen atoms in total. The molecule has 0 aliphatic rings. The van der Waals surface area contributed by atoms with E-state index in [-0.39, 0.29) is 11.3 Å². The van der Waals surface area contributed by atoms with Gasteiger partial charge in [-0.3, -0.25) is 25.2 Å². The number of carbonyl (C=O) groups excluding carboxylic acids is 2. The topological polar surface area (TPSA) is 106 Å². The molecule has 166 valence electrons. The predicted molar refractivity (Wildman–Crippen MR) is 128 cm³/mol. The maximum atomic E-state index is 13.2. The molecule has 0 saturated carbocycles. The van der Waals surface area contributed by atoms with Crippen LogP contribution in [0.15, 0.2) is 76.8 Å². The molecule has 2 amide bonds. The van der Waals surface area contributed by atoms with E-state index < -0.39 is 11.8 Å². The van der Waals surface area contributed by atoms with Crippen molar-refractivity contribution in [2.75, 3.05) is 5.75 Å². The minimum atomic E-state index is -0.477. The fourth-order valence-corrected chi connectivity index (χ4v) is 3.90. The lowest BCUT2D eigenvalue weighted by Gasteiger charge is -2.13. The molecule has 0 saturated heterocycles. The van der Waals surface area contributed by atoms with Gasteiger partial charge < -0.3 is 0 Å². The first-order valence-corrected chi connectivity index (χ1v) is 11.2. The van der Waals surface area contributed by atoms with Crippen LogP contribution in [0.4, 0.5) is 0 Å². The first-order chi connectivity index (χ1) is 15.9. The van der Waals surface area contributed by atoms with Gasteiger partial charge in [-0.25, -0.2) is 14.5 Å². The SMILES string of the molecule is Cc1ccc(-n2c(SCC(=O)NNC(=O)c3ccc(Cl)cc3)nc3ccccc3c2=O)nc1. The van der Waals surface area contributed by atoms with E-state index in [2.05, 4.69) is 20.8 Å². The number of aromatic nitrogens is 3. The standard InChI is InChI=1S/C23H18ClN5O3S/c1-14-6-11-19(25-12-14)29-22(32)17-4-2-3-5-18(17)26-23(29)33-13-20(30)27-28-21(31)15-7-9-16(24)10-8-15/h2-12H,13H2,1H3,(H,27,30)(H,28,31). The van der Waals surface area contributed by atoms with E-state index in [1.165, 1.54) is 4.57 Å². The van der Waals surface area contributed by atoms with E-state index in [9.17, 15) is 14.4 Å². The Balaban J connectivity index is 1.53. The van der Waals surface area contributed by atoms with Crippen molar-refractivity contribution in [2.45, 2.75) is 12.1 Å². The lowest BCUT2D eigenvalue weighted by molar-refractivity contribution is -0.119. The summed E-state index contributed by atoms with van der Waals surface area (Å²) in [5, 5.41) is 1.27. The zero-order valence-corrected chi connectivity index (χ0v) is 19.0. The van der Waals surface area contributed by atoms with Gasteiger partial charge in [-0.05, 0) is 55.0 Å². The van der Waals surface area contributed by atoms with Crippen molar-refractivity contribution >= 4 is 46.1 Å². The number of hydrogen-bond acceptors (Lipinski definition) is 6. The number of nitrogens with zero attached hydrogens (tertiary/aromatic N) is 3. The van der Waals surface area contributed by atoms with Crippen LogP contribution in [0.1, 0.15) is 15.9 Å². The lowest BCUT2D eigenvalue weighted by Crippen LogP contribution is -2.42. The van der Waals surface area contributed by atoms with Crippen molar-refractivity contribution in [2.24, 2.45) is 0 Å². The number of nitrogens with one attached hydrogen (secondary N) is 2. The normalized spacial score (nSPS) is 10.7. The van der Waals surface area contributed by atoms with E-state index >= 15 is 0 Å². The summed E-state index contributed by atoms with van der Waals surface area (Å²) in [6.07, 6.45) is 1.66. The van der Waals surface area contributed by atoms with Crippen molar-refractivity contribution in [1.29, 1.82) is 0 Å². The number of fused-ring (bicyclic) bond motifs is 1. The molecule has 2 aromatic carbocycles. The summed E-state index contributed by atoms with van der Waals surface area (Å²) >= 11 is 6.88. The van der Waals surface area contributed by atoms with Gasteiger partial charge in [0.05, 0.1) is 16.7 Å². The largest absolute Gasteiger partial charge is 0.272 e. The number of carbonyl (C=O) groups is 2. The Morgan fingerprint density at radius 3 is 2.52 bits per heavy atom. The maximum absolute atomic E-state index is 13.2. The van der Waals surface area contributed by atoms with E-state index in [1.807, 2.05) is 13.0 Å². The summed E-state index contributed by atoms with van der Waals surface area (Å²) in [7, 11) is 0. The molecule has 2 heterocycles. The lowest BCUT2D eigenvalue weighted by atomic mass is 10.2. The highest BCUT2D eigenvalue weighted by Crippen LogP contribution is 2.20. The van der Waals surface area contributed by atoms with Gasteiger partial charge in [-0.1, -0.05) is 41.6 Å². The molecule has 0 unspecified atom stereocenters. The molecule has 4 aromatic rings. The Kier molecular flexibility index (Phi) is 6.71. The van der Waals surface area contributed by atoms with Gasteiger partial charge in [0.25, 0.3) is 11.5 Å². The second-order valence-corrected chi connectivity index (χ2v) is 8.42. The van der Waals surface area contributed by atoms with Crippen LogP contribution in [0, 0.1) is 6.92 Å². The first-order valence-electron chi connectivity index (χ1n) is 9.85. The zero-order valence-electron chi connectivity index (χ0n) is 17.4. The average Bonchev–Trinajstić information content (AvgIpc) is 2.82. The zero-order chi connectivity index (χ0) is 23.4. The predicted octanol–water partition coefficient (Wildman–Crippen LogP) is 3.30. The fraction of sp³-hybridized carbons (Fsp3) is 0.0870. The molecule has 2 aromatic heterocycles. The quantitative estimate of drug-likeness (QED) is 0.258. The van der Waals surface area contributed by atoms with Gasteiger partial charge in [-0.2, -0.15) is 0 Å². The van der Waals surface area contributed by atoms with Crippen LogP contribution in [0.5, 0.6) is 0 Å². The Hall–Kier alpha value is -3.69. The smallest absolute Gasteiger partial charge is 0.269 e.